The molecule has 2 N–H and O–H groups in total. The maximum absolute atomic E-state index is 13.6. The molecule has 0 aliphatic heterocycles. The molecule has 2 heterocycles. The molecular weight excluding hydrogens is 317 g/mol. The molecule has 7 nitrogen and oxygen atoms in total. The first-order chi connectivity index (χ1) is 11.6. The van der Waals surface area contributed by atoms with Gasteiger partial charge in [0.05, 0.1) is 18.5 Å². The van der Waals surface area contributed by atoms with Crippen molar-refractivity contribution < 1.29 is 13.9 Å². The van der Waals surface area contributed by atoms with E-state index in [2.05, 4.69) is 9.98 Å². The van der Waals surface area contributed by atoms with E-state index in [1.165, 1.54) is 24.5 Å². The van der Waals surface area contributed by atoms with E-state index in [4.69, 9.17) is 4.42 Å². The van der Waals surface area contributed by atoms with Gasteiger partial charge in [0.25, 0.3) is 5.56 Å². The van der Waals surface area contributed by atoms with Crippen LogP contribution < -0.4 is 11.2 Å². The fraction of sp³-hybridized carbons (Fsp3) is 0.0625. The first kappa shape index (κ1) is 15.5. The zero-order valence-electron chi connectivity index (χ0n) is 12.3. The predicted molar refractivity (Wildman–Crippen MR) is 84.5 cm³/mol. The van der Waals surface area contributed by atoms with Crippen molar-refractivity contribution in [2.45, 2.75) is 6.54 Å². The van der Waals surface area contributed by atoms with Crippen molar-refractivity contribution in [1.82, 2.24) is 9.55 Å². The Bertz CT molecular complexity index is 1000. The molecule has 0 spiro atoms. The minimum Gasteiger partial charge on any atom is -0.494 e. The van der Waals surface area contributed by atoms with Crippen molar-refractivity contribution in [3.05, 3.63) is 80.6 Å². The lowest BCUT2D eigenvalue weighted by Gasteiger charge is -2.07. The van der Waals surface area contributed by atoms with Crippen LogP contribution in [0.15, 0.2) is 61.7 Å². The Hall–Kier alpha value is -3.42. The van der Waals surface area contributed by atoms with Crippen molar-refractivity contribution in [3.63, 3.8) is 0 Å². The average Bonchev–Trinajstić information content (AvgIpc) is 3.06. The van der Waals surface area contributed by atoms with Crippen molar-refractivity contribution in [2.75, 3.05) is 0 Å². The fourth-order valence-electron chi connectivity index (χ4n) is 2.09. The highest BCUT2D eigenvalue weighted by atomic mass is 19.1. The van der Waals surface area contributed by atoms with Crippen LogP contribution >= 0.6 is 0 Å². The van der Waals surface area contributed by atoms with Gasteiger partial charge < -0.3 is 9.52 Å². The maximum atomic E-state index is 13.6. The van der Waals surface area contributed by atoms with Gasteiger partial charge in [0.2, 0.25) is 5.88 Å². The molecule has 122 valence electrons. The number of hydrogen-bond acceptors (Lipinski definition) is 5. The number of para-hydroxylation sites is 1. The number of hydrogen-bond donors (Lipinski definition) is 2. The van der Waals surface area contributed by atoms with E-state index >= 15 is 0 Å². The van der Waals surface area contributed by atoms with Crippen LogP contribution in [0, 0.1) is 5.82 Å². The van der Waals surface area contributed by atoms with Crippen molar-refractivity contribution in [1.29, 1.82) is 0 Å². The van der Waals surface area contributed by atoms with Gasteiger partial charge in [0.1, 0.15) is 17.1 Å². The molecule has 2 aromatic heterocycles. The van der Waals surface area contributed by atoms with Gasteiger partial charge in [0.15, 0.2) is 0 Å². The third-order valence-electron chi connectivity index (χ3n) is 3.29. The number of halogens is 1. The molecule has 0 unspecified atom stereocenters. The van der Waals surface area contributed by atoms with E-state index in [-0.39, 0.29) is 17.8 Å². The van der Waals surface area contributed by atoms with Crippen LogP contribution in [0.2, 0.25) is 0 Å². The normalized spacial score (nSPS) is 11.2. The summed E-state index contributed by atoms with van der Waals surface area (Å²) in [7, 11) is 0. The molecule has 0 atom stereocenters. The van der Waals surface area contributed by atoms with Crippen LogP contribution in [-0.4, -0.2) is 20.9 Å². The second-order valence-electron chi connectivity index (χ2n) is 4.87. The zero-order valence-corrected chi connectivity index (χ0v) is 12.3. The summed E-state index contributed by atoms with van der Waals surface area (Å²) < 4.78 is 19.6. The lowest BCUT2D eigenvalue weighted by molar-refractivity contribution is 0.392. The summed E-state index contributed by atoms with van der Waals surface area (Å²) >= 11 is 0. The molecule has 3 aromatic rings. The Morgan fingerprint density at radius 1 is 1.25 bits per heavy atom. The highest BCUT2D eigenvalue weighted by Crippen LogP contribution is 2.17. The predicted octanol–water partition coefficient (Wildman–Crippen LogP) is 1.77. The van der Waals surface area contributed by atoms with Crippen LogP contribution in [0.4, 0.5) is 10.1 Å². The fourth-order valence-corrected chi connectivity index (χ4v) is 2.09. The summed E-state index contributed by atoms with van der Waals surface area (Å²) in [4.78, 5) is 29.7. The smallest absolute Gasteiger partial charge is 0.331 e. The van der Waals surface area contributed by atoms with E-state index in [0.717, 1.165) is 10.8 Å². The molecule has 3 rings (SSSR count). The lowest BCUT2D eigenvalue weighted by atomic mass is 10.3. The van der Waals surface area contributed by atoms with E-state index in [1.807, 2.05) is 0 Å². The Labute approximate surface area is 134 Å². The van der Waals surface area contributed by atoms with Crippen molar-refractivity contribution in [2.24, 2.45) is 4.99 Å². The summed E-state index contributed by atoms with van der Waals surface area (Å²) in [5, 5.41) is 10.2. The Morgan fingerprint density at radius 3 is 2.75 bits per heavy atom. The molecule has 0 aliphatic carbocycles. The van der Waals surface area contributed by atoms with Gasteiger partial charge in [-0.2, -0.15) is 0 Å². The summed E-state index contributed by atoms with van der Waals surface area (Å²) in [6.07, 6.45) is 2.42. The van der Waals surface area contributed by atoms with Crippen LogP contribution in [0.1, 0.15) is 11.3 Å². The lowest BCUT2D eigenvalue weighted by Crippen LogP contribution is -2.32. The van der Waals surface area contributed by atoms with Crippen LogP contribution in [0.5, 0.6) is 5.88 Å². The molecule has 0 saturated heterocycles. The Kier molecular flexibility index (Phi) is 4.11. The summed E-state index contributed by atoms with van der Waals surface area (Å²) in [6, 6.07) is 8.96. The molecule has 0 aliphatic rings. The Balaban J connectivity index is 2.03. The van der Waals surface area contributed by atoms with E-state index in [0.29, 0.717) is 5.76 Å². The van der Waals surface area contributed by atoms with Crippen LogP contribution in [0.3, 0.4) is 0 Å². The quantitative estimate of drug-likeness (QED) is 0.712. The highest BCUT2D eigenvalue weighted by molar-refractivity contribution is 5.84. The number of aromatic hydroxyl groups is 1. The van der Waals surface area contributed by atoms with Gasteiger partial charge in [0, 0.05) is 6.21 Å². The largest absolute Gasteiger partial charge is 0.494 e. The summed E-state index contributed by atoms with van der Waals surface area (Å²) in [5.74, 6) is -0.745. The third-order valence-corrected chi connectivity index (χ3v) is 3.29. The van der Waals surface area contributed by atoms with E-state index in [1.54, 1.807) is 18.2 Å². The van der Waals surface area contributed by atoms with Gasteiger partial charge in [-0.3, -0.25) is 19.3 Å². The number of nitrogens with zero attached hydrogens (tertiary/aromatic N) is 2. The third kappa shape index (κ3) is 3.02. The molecule has 0 saturated carbocycles. The number of furan rings is 1. The number of aromatic amines is 1. The Morgan fingerprint density at radius 2 is 2.04 bits per heavy atom. The molecule has 8 heteroatoms. The zero-order chi connectivity index (χ0) is 17.1. The second kappa shape index (κ2) is 6.37. The SMILES string of the molecule is O=c1[nH]c(=O)n(Cc2ccco2)c(O)c1C=Nc1ccccc1F. The first-order valence-corrected chi connectivity index (χ1v) is 6.93. The number of nitrogens with one attached hydrogen (secondary N) is 1. The summed E-state index contributed by atoms with van der Waals surface area (Å²) in [5.41, 5.74) is -1.88. The maximum Gasteiger partial charge on any atom is 0.331 e. The van der Waals surface area contributed by atoms with Crippen LogP contribution in [0.25, 0.3) is 0 Å². The van der Waals surface area contributed by atoms with Crippen molar-refractivity contribution >= 4 is 11.9 Å². The average molecular weight is 329 g/mol. The van der Waals surface area contributed by atoms with E-state index in [9.17, 15) is 19.1 Å². The van der Waals surface area contributed by atoms with Crippen LogP contribution in [-0.2, 0) is 6.54 Å². The minimum absolute atomic E-state index is 0.0000783. The standard InChI is InChI=1S/C16H12FN3O4/c17-12-5-1-2-6-13(12)18-8-11-14(21)19-16(23)20(15(11)22)9-10-4-3-7-24-10/h1-8,22H,9H2,(H,19,21,23). The molecule has 0 bridgehead atoms. The first-order valence-electron chi connectivity index (χ1n) is 6.93. The number of rotatable bonds is 4. The molecular formula is C16H12FN3O4. The monoisotopic (exact) mass is 329 g/mol. The molecule has 0 fully saturated rings. The van der Waals surface area contributed by atoms with Crippen molar-refractivity contribution in [3.8, 4) is 5.88 Å². The molecule has 24 heavy (non-hydrogen) atoms. The number of H-pyrrole nitrogens is 1. The van der Waals surface area contributed by atoms with Gasteiger partial charge >= 0.3 is 5.69 Å². The van der Waals surface area contributed by atoms with Gasteiger partial charge in [-0.1, -0.05) is 12.1 Å². The molecule has 0 amide bonds. The van der Waals surface area contributed by atoms with Gasteiger partial charge in [-0.25, -0.2) is 9.18 Å². The molecule has 1 aromatic carbocycles. The highest BCUT2D eigenvalue weighted by Gasteiger charge is 2.14. The summed E-state index contributed by atoms with van der Waals surface area (Å²) in [6.45, 7) is -0.0744. The number of benzene rings is 1. The topological polar surface area (TPSA) is 101 Å². The minimum atomic E-state index is -0.826. The van der Waals surface area contributed by atoms with Gasteiger partial charge in [-0.05, 0) is 24.3 Å². The van der Waals surface area contributed by atoms with E-state index < -0.39 is 22.9 Å². The number of aliphatic imine (C=N–C) groups is 1. The second-order valence-corrected chi connectivity index (χ2v) is 4.87. The van der Waals surface area contributed by atoms with Gasteiger partial charge in [-0.15, -0.1) is 0 Å². The number of aromatic nitrogens is 2. The molecule has 0 radical (unpaired) electrons.